The quantitative estimate of drug-likeness (QED) is 0.405. The standard InChI is InChI=1S/C14H16N2O2/c1-5-6-7-12(10-15-3)9-13(16-4)8-11(2)14(17)18/h5-8,10H,1-4,9H2,(H,17,18)/b7-6+,12-10+,13-8-. The second kappa shape index (κ2) is 8.64. The van der Waals surface area contributed by atoms with Gasteiger partial charge >= 0.3 is 5.97 Å². The topological polar surface area (TPSA) is 62.0 Å². The maximum Gasteiger partial charge on any atom is 0.335 e. The van der Waals surface area contributed by atoms with Crippen LogP contribution < -0.4 is 0 Å². The first kappa shape index (κ1) is 15.5. The van der Waals surface area contributed by atoms with Crippen molar-refractivity contribution in [2.24, 2.45) is 9.98 Å². The van der Waals surface area contributed by atoms with E-state index in [4.69, 9.17) is 5.11 Å². The van der Waals surface area contributed by atoms with Crippen LogP contribution in [0.15, 0.2) is 70.5 Å². The van der Waals surface area contributed by atoms with Crippen molar-refractivity contribution in [1.29, 1.82) is 0 Å². The highest BCUT2D eigenvalue weighted by Crippen LogP contribution is 2.15. The summed E-state index contributed by atoms with van der Waals surface area (Å²) in [6.07, 6.45) is 8.46. The molecule has 0 heterocycles. The maximum absolute atomic E-state index is 10.7. The van der Waals surface area contributed by atoms with E-state index in [2.05, 4.69) is 36.6 Å². The number of carbonyl (C=O) groups is 1. The van der Waals surface area contributed by atoms with E-state index in [1.165, 1.54) is 6.08 Å². The minimum Gasteiger partial charge on any atom is -0.478 e. The van der Waals surface area contributed by atoms with Gasteiger partial charge in [-0.15, -0.1) is 0 Å². The van der Waals surface area contributed by atoms with Crippen molar-refractivity contribution in [2.75, 3.05) is 0 Å². The Balaban J connectivity index is 5.04. The summed E-state index contributed by atoms with van der Waals surface area (Å²) in [6.45, 7) is 13.7. The van der Waals surface area contributed by atoms with Gasteiger partial charge in [-0.25, -0.2) is 4.79 Å². The molecule has 0 aliphatic rings. The van der Waals surface area contributed by atoms with Gasteiger partial charge in [0.15, 0.2) is 0 Å². The summed E-state index contributed by atoms with van der Waals surface area (Å²) in [6, 6.07) is 0. The molecule has 0 atom stereocenters. The van der Waals surface area contributed by atoms with Gasteiger partial charge in [-0.3, -0.25) is 9.98 Å². The number of rotatable bonds is 8. The van der Waals surface area contributed by atoms with Crippen LogP contribution in [0.3, 0.4) is 0 Å². The van der Waals surface area contributed by atoms with Gasteiger partial charge in [-0.2, -0.15) is 0 Å². The van der Waals surface area contributed by atoms with E-state index in [9.17, 15) is 4.79 Å². The minimum atomic E-state index is -1.09. The molecule has 0 fully saturated rings. The molecule has 0 radical (unpaired) electrons. The van der Waals surface area contributed by atoms with E-state index in [0.717, 1.165) is 5.57 Å². The molecule has 0 aromatic carbocycles. The van der Waals surface area contributed by atoms with Crippen molar-refractivity contribution in [3.8, 4) is 0 Å². The fourth-order valence-corrected chi connectivity index (χ4v) is 1.08. The van der Waals surface area contributed by atoms with Crippen molar-refractivity contribution in [1.82, 2.24) is 0 Å². The Morgan fingerprint density at radius 1 is 1.33 bits per heavy atom. The lowest BCUT2D eigenvalue weighted by Gasteiger charge is -2.02. The third-order valence-electron chi connectivity index (χ3n) is 1.91. The smallest absolute Gasteiger partial charge is 0.335 e. The average Bonchev–Trinajstić information content (AvgIpc) is 2.34. The van der Waals surface area contributed by atoms with Crippen LogP contribution in [0.25, 0.3) is 0 Å². The van der Waals surface area contributed by atoms with Gasteiger partial charge in [0.2, 0.25) is 0 Å². The maximum atomic E-state index is 10.7. The SMILES string of the molecule is C=C/C=C/C(=C\N=C)C/C(=C/C(=C)C(=O)O)N=C. The third kappa shape index (κ3) is 6.17. The number of nitrogens with zero attached hydrogens (tertiary/aromatic N) is 2. The zero-order chi connectivity index (χ0) is 14.0. The van der Waals surface area contributed by atoms with Crippen molar-refractivity contribution in [3.63, 3.8) is 0 Å². The highest BCUT2D eigenvalue weighted by atomic mass is 16.4. The molecule has 0 aliphatic carbocycles. The predicted molar refractivity (Wildman–Crippen MR) is 76.0 cm³/mol. The zero-order valence-corrected chi connectivity index (χ0v) is 10.2. The number of aliphatic carboxylic acids is 1. The largest absolute Gasteiger partial charge is 0.478 e. The normalized spacial score (nSPS) is 12.2. The molecule has 0 rings (SSSR count). The molecule has 4 nitrogen and oxygen atoms in total. The first-order valence-electron chi connectivity index (χ1n) is 5.08. The van der Waals surface area contributed by atoms with Crippen molar-refractivity contribution >= 4 is 19.4 Å². The lowest BCUT2D eigenvalue weighted by Crippen LogP contribution is -1.97. The highest BCUT2D eigenvalue weighted by molar-refractivity contribution is 5.89. The Bertz CT molecular complexity index is 454. The summed E-state index contributed by atoms with van der Waals surface area (Å²) in [4.78, 5) is 18.1. The molecular formula is C14H16N2O2. The van der Waals surface area contributed by atoms with E-state index in [1.807, 2.05) is 0 Å². The molecule has 0 saturated carbocycles. The number of hydrogen-bond donors (Lipinski definition) is 1. The molecule has 0 bridgehead atoms. The van der Waals surface area contributed by atoms with E-state index < -0.39 is 5.97 Å². The van der Waals surface area contributed by atoms with E-state index in [1.54, 1.807) is 24.4 Å². The van der Waals surface area contributed by atoms with E-state index in [-0.39, 0.29) is 5.57 Å². The van der Waals surface area contributed by atoms with Crippen molar-refractivity contribution < 1.29 is 9.90 Å². The number of carboxylic acids is 1. The fraction of sp³-hybridized carbons (Fsp3) is 0.0714. The zero-order valence-electron chi connectivity index (χ0n) is 10.2. The Hall–Kier alpha value is -2.49. The summed E-state index contributed by atoms with van der Waals surface area (Å²) in [5.41, 5.74) is 1.25. The van der Waals surface area contributed by atoms with Gasteiger partial charge in [0.1, 0.15) is 0 Å². The van der Waals surface area contributed by atoms with Gasteiger partial charge in [0.25, 0.3) is 0 Å². The number of carboxylic acid groups (broad SMARTS) is 1. The van der Waals surface area contributed by atoms with Crippen LogP contribution in [0.4, 0.5) is 0 Å². The van der Waals surface area contributed by atoms with Gasteiger partial charge in [-0.05, 0) is 25.1 Å². The number of aliphatic imine (C=N–C) groups is 2. The Kier molecular flexibility index (Phi) is 7.44. The van der Waals surface area contributed by atoms with Crippen LogP contribution >= 0.6 is 0 Å². The van der Waals surface area contributed by atoms with Gasteiger partial charge in [0, 0.05) is 18.3 Å². The number of hydrogen-bond acceptors (Lipinski definition) is 3. The summed E-state index contributed by atoms with van der Waals surface area (Å²) in [5, 5.41) is 8.73. The third-order valence-corrected chi connectivity index (χ3v) is 1.91. The lowest BCUT2D eigenvalue weighted by molar-refractivity contribution is -0.132. The van der Waals surface area contributed by atoms with Crippen LogP contribution in [-0.4, -0.2) is 24.5 Å². The molecule has 0 amide bonds. The monoisotopic (exact) mass is 244 g/mol. The Labute approximate surface area is 107 Å². The summed E-state index contributed by atoms with van der Waals surface area (Å²) >= 11 is 0. The molecule has 0 spiro atoms. The first-order valence-corrected chi connectivity index (χ1v) is 5.08. The average molecular weight is 244 g/mol. The van der Waals surface area contributed by atoms with E-state index >= 15 is 0 Å². The van der Waals surface area contributed by atoms with Gasteiger partial charge < -0.3 is 5.11 Å². The molecule has 0 aliphatic heterocycles. The molecular weight excluding hydrogens is 228 g/mol. The van der Waals surface area contributed by atoms with Crippen molar-refractivity contribution in [2.45, 2.75) is 6.42 Å². The Morgan fingerprint density at radius 3 is 2.44 bits per heavy atom. The highest BCUT2D eigenvalue weighted by Gasteiger charge is 2.04. The molecule has 4 heteroatoms. The van der Waals surface area contributed by atoms with E-state index in [0.29, 0.717) is 12.1 Å². The molecule has 0 unspecified atom stereocenters. The van der Waals surface area contributed by atoms with Crippen LogP contribution in [0.2, 0.25) is 0 Å². The summed E-state index contributed by atoms with van der Waals surface area (Å²) < 4.78 is 0. The minimum absolute atomic E-state index is 0.0454. The molecule has 0 aromatic rings. The molecule has 0 aromatic heterocycles. The molecule has 0 saturated heterocycles. The van der Waals surface area contributed by atoms with Crippen LogP contribution in [0, 0.1) is 0 Å². The van der Waals surface area contributed by atoms with Crippen molar-refractivity contribution in [3.05, 3.63) is 60.5 Å². The summed E-state index contributed by atoms with van der Waals surface area (Å²) in [7, 11) is 0. The molecule has 1 N–H and O–H groups in total. The van der Waals surface area contributed by atoms with Crippen LogP contribution in [-0.2, 0) is 4.79 Å². The summed E-state index contributed by atoms with van der Waals surface area (Å²) in [5.74, 6) is -1.09. The fourth-order valence-electron chi connectivity index (χ4n) is 1.08. The lowest BCUT2D eigenvalue weighted by atomic mass is 10.1. The predicted octanol–water partition coefficient (Wildman–Crippen LogP) is 2.93. The van der Waals surface area contributed by atoms with Crippen LogP contribution in [0.1, 0.15) is 6.42 Å². The molecule has 18 heavy (non-hydrogen) atoms. The number of allylic oxidation sites excluding steroid dienone is 4. The second-order valence-corrected chi connectivity index (χ2v) is 3.28. The Morgan fingerprint density at radius 2 is 2.00 bits per heavy atom. The second-order valence-electron chi connectivity index (χ2n) is 3.28. The van der Waals surface area contributed by atoms with Crippen LogP contribution in [0.5, 0.6) is 0 Å². The van der Waals surface area contributed by atoms with Gasteiger partial charge in [-0.1, -0.05) is 31.4 Å². The van der Waals surface area contributed by atoms with Gasteiger partial charge in [0.05, 0.1) is 5.57 Å². The molecule has 94 valence electrons. The first-order chi connectivity index (χ1) is 8.54.